The highest BCUT2D eigenvalue weighted by Gasteiger charge is 2.65. The highest BCUT2D eigenvalue weighted by atomic mass is 16.6. The minimum absolute atomic E-state index is 0.0923. The first-order chi connectivity index (χ1) is 12.6. The van der Waals surface area contributed by atoms with Gasteiger partial charge in [0.1, 0.15) is 5.69 Å². The van der Waals surface area contributed by atoms with Crippen molar-refractivity contribution < 1.29 is 19.2 Å². The molecule has 0 aromatic heterocycles. The number of ether oxygens (including phenoxy) is 1. The summed E-state index contributed by atoms with van der Waals surface area (Å²) in [5.74, 6) is -0.753. The monoisotopic (exact) mass is 355 g/mol. The lowest BCUT2D eigenvalue weighted by Gasteiger charge is -2.48. The highest BCUT2D eigenvalue weighted by Crippen LogP contribution is 2.58. The van der Waals surface area contributed by atoms with Gasteiger partial charge in [-0.25, -0.2) is 4.90 Å². The Hall–Kier alpha value is -2.74. The van der Waals surface area contributed by atoms with E-state index in [0.29, 0.717) is 32.0 Å². The van der Waals surface area contributed by atoms with Gasteiger partial charge in [-0.05, 0) is 24.0 Å². The number of hydrogen-bond acceptors (Lipinski definition) is 6. The molecule has 2 saturated heterocycles. The van der Waals surface area contributed by atoms with Crippen LogP contribution in [0.4, 0.5) is 17.1 Å². The van der Waals surface area contributed by atoms with Crippen molar-refractivity contribution in [2.45, 2.75) is 0 Å². The summed E-state index contributed by atoms with van der Waals surface area (Å²) in [7, 11) is 0. The number of amides is 2. The first-order valence-electron chi connectivity index (χ1n) is 8.75. The number of nitro groups is 1. The summed E-state index contributed by atoms with van der Waals surface area (Å²) in [6.45, 7) is 2.17. The lowest BCUT2D eigenvalue weighted by molar-refractivity contribution is -0.384. The Balaban J connectivity index is 1.50. The van der Waals surface area contributed by atoms with E-state index in [0.717, 1.165) is 4.90 Å². The molecule has 4 atom stereocenters. The highest BCUT2D eigenvalue weighted by molar-refractivity contribution is 6.23. The van der Waals surface area contributed by atoms with Crippen LogP contribution in [0.3, 0.4) is 0 Å². The van der Waals surface area contributed by atoms with E-state index in [1.807, 2.05) is 17.1 Å². The Kier molecular flexibility index (Phi) is 3.21. The molecule has 4 aliphatic rings. The lowest BCUT2D eigenvalue weighted by Crippen LogP contribution is -2.50. The van der Waals surface area contributed by atoms with Crippen molar-refractivity contribution in [2.75, 3.05) is 36.1 Å². The van der Waals surface area contributed by atoms with Gasteiger partial charge in [0, 0.05) is 19.2 Å². The van der Waals surface area contributed by atoms with E-state index in [1.165, 1.54) is 6.07 Å². The molecule has 1 aromatic rings. The van der Waals surface area contributed by atoms with E-state index in [9.17, 15) is 19.7 Å². The Morgan fingerprint density at radius 1 is 1.04 bits per heavy atom. The zero-order chi connectivity index (χ0) is 18.0. The van der Waals surface area contributed by atoms with Gasteiger partial charge in [0.2, 0.25) is 11.8 Å². The molecule has 2 aliphatic heterocycles. The molecule has 1 saturated carbocycles. The molecule has 2 aliphatic carbocycles. The predicted molar refractivity (Wildman–Crippen MR) is 91.7 cm³/mol. The van der Waals surface area contributed by atoms with Crippen LogP contribution in [-0.4, -0.2) is 43.0 Å². The number of imide groups is 1. The van der Waals surface area contributed by atoms with Gasteiger partial charge < -0.3 is 9.64 Å². The van der Waals surface area contributed by atoms with Crippen LogP contribution in [0.5, 0.6) is 0 Å². The largest absolute Gasteiger partial charge is 0.378 e. The molecule has 1 aromatic carbocycles. The second kappa shape index (κ2) is 5.38. The Morgan fingerprint density at radius 2 is 1.65 bits per heavy atom. The van der Waals surface area contributed by atoms with Gasteiger partial charge in [-0.15, -0.1) is 0 Å². The lowest BCUT2D eigenvalue weighted by atomic mass is 9.52. The predicted octanol–water partition coefficient (Wildman–Crippen LogP) is 1.35. The minimum atomic E-state index is -0.459. The summed E-state index contributed by atoms with van der Waals surface area (Å²) in [4.78, 5) is 39.6. The van der Waals surface area contributed by atoms with Crippen LogP contribution in [0.25, 0.3) is 0 Å². The Bertz CT molecular complexity index is 830. The number of allylic oxidation sites excluding steroid dienone is 2. The molecule has 2 heterocycles. The van der Waals surface area contributed by atoms with Gasteiger partial charge in [0.25, 0.3) is 5.69 Å². The standard InChI is InChI=1S/C18H17N3O5/c22-17-15-11-2-3-12(11)16(15)18(23)20(17)10-1-4-13(14(9-10)21(24)25)19-5-7-26-8-6-19/h1-4,9,11-12,15-16H,5-8H2. The number of benzene rings is 1. The minimum Gasteiger partial charge on any atom is -0.378 e. The summed E-state index contributed by atoms with van der Waals surface area (Å²) >= 11 is 0. The Labute approximate surface area is 149 Å². The fourth-order valence-electron chi connectivity index (χ4n) is 4.59. The average molecular weight is 355 g/mol. The number of carbonyl (C=O) groups is 2. The molecule has 0 bridgehead atoms. The molecule has 0 N–H and O–H groups in total. The van der Waals surface area contributed by atoms with Crippen LogP contribution in [0.1, 0.15) is 0 Å². The van der Waals surface area contributed by atoms with E-state index in [1.54, 1.807) is 12.1 Å². The van der Waals surface area contributed by atoms with Crippen LogP contribution >= 0.6 is 0 Å². The molecule has 8 heteroatoms. The van der Waals surface area contributed by atoms with E-state index >= 15 is 0 Å². The van der Waals surface area contributed by atoms with Gasteiger partial charge in [0.15, 0.2) is 0 Å². The van der Waals surface area contributed by atoms with Crippen molar-refractivity contribution in [1.29, 1.82) is 0 Å². The molecule has 2 amide bonds. The number of morpholine rings is 1. The van der Waals surface area contributed by atoms with Crippen molar-refractivity contribution in [3.05, 3.63) is 40.5 Å². The smallest absolute Gasteiger partial charge is 0.294 e. The van der Waals surface area contributed by atoms with E-state index in [-0.39, 0.29) is 46.9 Å². The van der Waals surface area contributed by atoms with Gasteiger partial charge in [-0.1, -0.05) is 12.2 Å². The van der Waals surface area contributed by atoms with Gasteiger partial charge >= 0.3 is 0 Å². The second-order valence-electron chi connectivity index (χ2n) is 7.13. The molecule has 8 nitrogen and oxygen atoms in total. The molecule has 26 heavy (non-hydrogen) atoms. The fraction of sp³-hybridized carbons (Fsp3) is 0.444. The maximum Gasteiger partial charge on any atom is 0.294 e. The molecule has 134 valence electrons. The van der Waals surface area contributed by atoms with Crippen molar-refractivity contribution >= 4 is 28.9 Å². The van der Waals surface area contributed by atoms with E-state index < -0.39 is 4.92 Å². The first kappa shape index (κ1) is 15.5. The topological polar surface area (TPSA) is 93.0 Å². The van der Waals surface area contributed by atoms with Crippen LogP contribution in [0.15, 0.2) is 30.4 Å². The van der Waals surface area contributed by atoms with E-state index in [2.05, 4.69) is 0 Å². The van der Waals surface area contributed by atoms with Crippen molar-refractivity contribution in [1.82, 2.24) is 0 Å². The van der Waals surface area contributed by atoms with Crippen LogP contribution in [0, 0.1) is 33.8 Å². The van der Waals surface area contributed by atoms with Gasteiger partial charge in [-0.3, -0.25) is 19.7 Å². The van der Waals surface area contributed by atoms with Crippen LogP contribution in [-0.2, 0) is 14.3 Å². The Morgan fingerprint density at radius 3 is 2.19 bits per heavy atom. The number of rotatable bonds is 3. The van der Waals surface area contributed by atoms with Crippen molar-refractivity contribution in [3.8, 4) is 0 Å². The zero-order valence-electron chi connectivity index (χ0n) is 13.9. The fourth-order valence-corrected chi connectivity index (χ4v) is 4.59. The molecule has 0 radical (unpaired) electrons. The van der Waals surface area contributed by atoms with Crippen molar-refractivity contribution in [3.63, 3.8) is 0 Å². The summed E-state index contributed by atoms with van der Waals surface area (Å²) in [5, 5.41) is 11.6. The molecular formula is C18H17N3O5. The number of nitrogens with zero attached hydrogens (tertiary/aromatic N) is 3. The van der Waals surface area contributed by atoms with E-state index in [4.69, 9.17) is 4.74 Å². The first-order valence-corrected chi connectivity index (χ1v) is 8.75. The average Bonchev–Trinajstić information content (AvgIpc) is 2.83. The summed E-state index contributed by atoms with van der Waals surface area (Å²) in [6.07, 6.45) is 3.95. The normalized spacial score (nSPS) is 32.0. The number of anilines is 2. The summed E-state index contributed by atoms with van der Waals surface area (Å²) < 4.78 is 5.30. The third-order valence-corrected chi connectivity index (χ3v) is 5.99. The van der Waals surface area contributed by atoms with Gasteiger partial charge in [-0.2, -0.15) is 0 Å². The second-order valence-corrected chi connectivity index (χ2v) is 7.13. The number of hydrogen-bond donors (Lipinski definition) is 0. The van der Waals surface area contributed by atoms with Crippen LogP contribution in [0.2, 0.25) is 0 Å². The molecule has 3 fully saturated rings. The van der Waals surface area contributed by atoms with Crippen molar-refractivity contribution in [2.24, 2.45) is 23.7 Å². The van der Waals surface area contributed by atoms with Crippen LogP contribution < -0.4 is 9.80 Å². The molecule has 0 spiro atoms. The zero-order valence-corrected chi connectivity index (χ0v) is 13.9. The maximum atomic E-state index is 12.7. The van der Waals surface area contributed by atoms with Gasteiger partial charge in [0.05, 0.1) is 35.7 Å². The quantitative estimate of drug-likeness (QED) is 0.352. The number of fused-ring (bicyclic) bond motifs is 4. The summed E-state index contributed by atoms with van der Waals surface area (Å²) in [6, 6.07) is 4.61. The summed E-state index contributed by atoms with van der Waals surface area (Å²) in [5.41, 5.74) is 0.689. The number of nitro benzene ring substituents is 1. The number of carbonyl (C=O) groups excluding carboxylic acids is 2. The molecule has 4 unspecified atom stereocenters. The SMILES string of the molecule is O=C1C2C3C=CC3C2C(=O)N1c1ccc(N2CCOCC2)c([N+](=O)[O-])c1. The molecule has 5 rings (SSSR count). The maximum absolute atomic E-state index is 12.7. The third-order valence-electron chi connectivity index (χ3n) is 5.99. The molecular weight excluding hydrogens is 338 g/mol. The third kappa shape index (κ3) is 1.93.